The molecule has 2 aliphatic rings. The molecule has 5 heteroatoms. The van der Waals surface area contributed by atoms with Gasteiger partial charge in [-0.25, -0.2) is 0 Å². The van der Waals surface area contributed by atoms with Crippen molar-refractivity contribution in [1.82, 2.24) is 0 Å². The molecule has 0 radical (unpaired) electrons. The molecule has 0 aromatic heterocycles. The minimum atomic E-state index is -4.50. The Bertz CT molecular complexity index is 229. The fourth-order valence-corrected chi connectivity index (χ4v) is 2.41. The molecule has 1 N–H and O–H groups in total. The van der Waals surface area contributed by atoms with Crippen LogP contribution >= 0.6 is 0 Å². The van der Waals surface area contributed by atoms with Crippen LogP contribution in [0, 0.1) is 11.8 Å². The van der Waals surface area contributed by atoms with Crippen molar-refractivity contribution in [3.8, 4) is 0 Å². The second-order valence-electron chi connectivity index (χ2n) is 4.33. The van der Waals surface area contributed by atoms with Gasteiger partial charge in [-0.3, -0.25) is 0 Å². The van der Waals surface area contributed by atoms with E-state index in [1.165, 1.54) is 0 Å². The molecule has 2 rings (SSSR count). The lowest BCUT2D eigenvalue weighted by Gasteiger charge is -2.38. The molecule has 0 amide bonds. The van der Waals surface area contributed by atoms with Crippen molar-refractivity contribution in [2.45, 2.75) is 31.0 Å². The predicted octanol–water partition coefficient (Wildman–Crippen LogP) is 1.73. The summed E-state index contributed by atoms with van der Waals surface area (Å²) in [7, 11) is 0. The first-order chi connectivity index (χ1) is 6.42. The normalized spacial score (nSPS) is 43.7. The molecule has 1 saturated heterocycles. The first-order valence-corrected chi connectivity index (χ1v) is 4.79. The molecule has 1 aliphatic heterocycles. The van der Waals surface area contributed by atoms with Gasteiger partial charge in [0.05, 0.1) is 0 Å². The van der Waals surface area contributed by atoms with Gasteiger partial charge in [0, 0.05) is 13.2 Å². The number of aliphatic hydroxyl groups is 1. The lowest BCUT2D eigenvalue weighted by Crippen LogP contribution is -2.50. The van der Waals surface area contributed by atoms with Crippen molar-refractivity contribution < 1.29 is 23.0 Å². The zero-order valence-electron chi connectivity index (χ0n) is 7.68. The molecule has 1 heterocycles. The van der Waals surface area contributed by atoms with E-state index in [1.807, 2.05) is 0 Å². The van der Waals surface area contributed by atoms with E-state index in [4.69, 9.17) is 4.74 Å². The molecule has 82 valence electrons. The molecule has 0 aromatic carbocycles. The first kappa shape index (κ1) is 10.2. The molecule has 2 nitrogen and oxygen atoms in total. The molecule has 1 aliphatic carbocycles. The third-order valence-corrected chi connectivity index (χ3v) is 3.39. The Labute approximate surface area is 80.1 Å². The van der Waals surface area contributed by atoms with Gasteiger partial charge < -0.3 is 9.84 Å². The maximum Gasteiger partial charge on any atom is 0.417 e. The van der Waals surface area contributed by atoms with Crippen molar-refractivity contribution in [3.63, 3.8) is 0 Å². The Morgan fingerprint density at radius 1 is 1.21 bits per heavy atom. The Morgan fingerprint density at radius 3 is 2.50 bits per heavy atom. The van der Waals surface area contributed by atoms with Crippen molar-refractivity contribution in [2.75, 3.05) is 13.2 Å². The van der Waals surface area contributed by atoms with Crippen LogP contribution in [0.25, 0.3) is 0 Å². The molecule has 3 unspecified atom stereocenters. The zero-order chi connectivity index (χ0) is 10.4. The van der Waals surface area contributed by atoms with Gasteiger partial charge in [0.1, 0.15) is 0 Å². The number of alkyl halides is 3. The van der Waals surface area contributed by atoms with Crippen LogP contribution in [0.15, 0.2) is 0 Å². The van der Waals surface area contributed by atoms with E-state index in [2.05, 4.69) is 0 Å². The SMILES string of the molecule is OC1(C(F)(F)F)CCC2COCC2C1. The van der Waals surface area contributed by atoms with E-state index in [9.17, 15) is 18.3 Å². The lowest BCUT2D eigenvalue weighted by molar-refractivity contribution is -0.275. The molecule has 0 aromatic rings. The van der Waals surface area contributed by atoms with Gasteiger partial charge in [-0.15, -0.1) is 0 Å². The number of fused-ring (bicyclic) bond motifs is 1. The van der Waals surface area contributed by atoms with Crippen molar-refractivity contribution in [3.05, 3.63) is 0 Å². The van der Waals surface area contributed by atoms with Crippen LogP contribution in [0.1, 0.15) is 19.3 Å². The highest BCUT2D eigenvalue weighted by atomic mass is 19.4. The van der Waals surface area contributed by atoms with Crippen molar-refractivity contribution in [1.29, 1.82) is 0 Å². The topological polar surface area (TPSA) is 29.5 Å². The summed E-state index contributed by atoms with van der Waals surface area (Å²) in [6, 6.07) is 0. The highest BCUT2D eigenvalue weighted by Gasteiger charge is 2.57. The number of halogens is 3. The molecule has 14 heavy (non-hydrogen) atoms. The molecule has 0 bridgehead atoms. The van der Waals surface area contributed by atoms with Gasteiger partial charge in [0.25, 0.3) is 0 Å². The number of ether oxygens (including phenoxy) is 1. The molecule has 1 saturated carbocycles. The first-order valence-electron chi connectivity index (χ1n) is 4.79. The van der Waals surface area contributed by atoms with Crippen LogP contribution in [-0.4, -0.2) is 30.1 Å². The lowest BCUT2D eigenvalue weighted by atomic mass is 9.73. The molecule has 0 spiro atoms. The Balaban J connectivity index is 2.10. The van der Waals surface area contributed by atoms with Crippen molar-refractivity contribution in [2.24, 2.45) is 11.8 Å². The fraction of sp³-hybridized carbons (Fsp3) is 1.00. The average Bonchev–Trinajstić information content (AvgIpc) is 2.48. The maximum absolute atomic E-state index is 12.5. The van der Waals surface area contributed by atoms with Crippen LogP contribution in [0.2, 0.25) is 0 Å². The standard InChI is InChI=1S/C9H13F3O2/c10-9(11,12)8(13)2-1-6-4-14-5-7(6)3-8/h6-7,13H,1-5H2. The van der Waals surface area contributed by atoms with Gasteiger partial charge >= 0.3 is 6.18 Å². The fourth-order valence-electron chi connectivity index (χ4n) is 2.41. The molecular formula is C9H13F3O2. The van der Waals surface area contributed by atoms with E-state index in [1.54, 1.807) is 0 Å². The van der Waals surface area contributed by atoms with E-state index in [0.717, 1.165) is 0 Å². The van der Waals surface area contributed by atoms with Crippen LogP contribution in [0.4, 0.5) is 13.2 Å². The summed E-state index contributed by atoms with van der Waals surface area (Å²) < 4.78 is 42.6. The van der Waals surface area contributed by atoms with Gasteiger partial charge in [0.15, 0.2) is 5.60 Å². The summed E-state index contributed by atoms with van der Waals surface area (Å²) in [6.45, 7) is 0.918. The van der Waals surface area contributed by atoms with Gasteiger partial charge in [-0.05, 0) is 31.1 Å². The summed E-state index contributed by atoms with van der Waals surface area (Å²) in [4.78, 5) is 0. The van der Waals surface area contributed by atoms with Crippen LogP contribution in [-0.2, 0) is 4.74 Å². The predicted molar refractivity (Wildman–Crippen MR) is 42.7 cm³/mol. The summed E-state index contributed by atoms with van der Waals surface area (Å²) in [5.41, 5.74) is -2.47. The summed E-state index contributed by atoms with van der Waals surface area (Å²) in [5.74, 6) is 0.105. The Kier molecular flexibility index (Phi) is 2.27. The van der Waals surface area contributed by atoms with Crippen LogP contribution < -0.4 is 0 Å². The number of rotatable bonds is 0. The maximum atomic E-state index is 12.5. The van der Waals surface area contributed by atoms with E-state index in [-0.39, 0.29) is 24.7 Å². The van der Waals surface area contributed by atoms with Crippen LogP contribution in [0.3, 0.4) is 0 Å². The van der Waals surface area contributed by atoms with E-state index >= 15 is 0 Å². The average molecular weight is 210 g/mol. The van der Waals surface area contributed by atoms with Gasteiger partial charge in [0.2, 0.25) is 0 Å². The highest BCUT2D eigenvalue weighted by Crippen LogP contribution is 2.47. The smallest absolute Gasteiger partial charge is 0.381 e. The monoisotopic (exact) mass is 210 g/mol. The third-order valence-electron chi connectivity index (χ3n) is 3.39. The molecule has 3 atom stereocenters. The second-order valence-corrected chi connectivity index (χ2v) is 4.33. The van der Waals surface area contributed by atoms with Gasteiger partial charge in [-0.1, -0.05) is 0 Å². The Hall–Kier alpha value is -0.290. The third kappa shape index (κ3) is 1.52. The van der Waals surface area contributed by atoms with E-state index in [0.29, 0.717) is 19.6 Å². The number of hydrogen-bond acceptors (Lipinski definition) is 2. The van der Waals surface area contributed by atoms with Crippen molar-refractivity contribution >= 4 is 0 Å². The summed E-state index contributed by atoms with van der Waals surface area (Å²) in [6.07, 6.45) is -4.45. The quantitative estimate of drug-likeness (QED) is 0.659. The minimum absolute atomic E-state index is 0.115. The van der Waals surface area contributed by atoms with E-state index < -0.39 is 11.8 Å². The second kappa shape index (κ2) is 3.10. The Morgan fingerprint density at radius 2 is 1.86 bits per heavy atom. The largest absolute Gasteiger partial charge is 0.417 e. The van der Waals surface area contributed by atoms with Crippen LogP contribution in [0.5, 0.6) is 0 Å². The molecular weight excluding hydrogens is 197 g/mol. The number of hydrogen-bond donors (Lipinski definition) is 1. The van der Waals surface area contributed by atoms with Gasteiger partial charge in [-0.2, -0.15) is 13.2 Å². The summed E-state index contributed by atoms with van der Waals surface area (Å²) in [5, 5.41) is 9.47. The zero-order valence-corrected chi connectivity index (χ0v) is 7.68. The molecule has 2 fully saturated rings. The minimum Gasteiger partial charge on any atom is -0.381 e. The highest BCUT2D eigenvalue weighted by molar-refractivity contribution is 4.96. The summed E-state index contributed by atoms with van der Waals surface area (Å²) >= 11 is 0.